The number of methoxy groups -OCH3 is 1. The van der Waals surface area contributed by atoms with Crippen molar-refractivity contribution < 1.29 is 14.0 Å². The summed E-state index contributed by atoms with van der Waals surface area (Å²) in [5, 5.41) is 3.65. The number of hydrogen-bond acceptors (Lipinski definition) is 4. The third-order valence-corrected chi connectivity index (χ3v) is 9.93. The van der Waals surface area contributed by atoms with Gasteiger partial charge in [0.15, 0.2) is 8.32 Å². The summed E-state index contributed by atoms with van der Waals surface area (Å²) in [4.78, 5) is 11.9. The third kappa shape index (κ3) is 7.89. The van der Waals surface area contributed by atoms with Crippen molar-refractivity contribution in [3.05, 3.63) is 42.5 Å². The molecule has 1 rings (SSSR count). The van der Waals surface area contributed by atoms with Crippen LogP contribution in [0.3, 0.4) is 0 Å². The van der Waals surface area contributed by atoms with E-state index in [2.05, 4.69) is 45.8 Å². The van der Waals surface area contributed by atoms with Crippen LogP contribution in [0.25, 0.3) is 0 Å². The number of carbonyl (C=O) groups is 1. The predicted molar refractivity (Wildman–Crippen MR) is 117 cm³/mol. The van der Waals surface area contributed by atoms with E-state index in [1.54, 1.807) is 0 Å². The van der Waals surface area contributed by atoms with Gasteiger partial charge in [-0.25, -0.2) is 4.79 Å². The number of esters is 1. The first-order valence-electron chi connectivity index (χ1n) is 9.81. The number of benzene rings is 1. The van der Waals surface area contributed by atoms with Gasteiger partial charge in [0.05, 0.1) is 18.7 Å². The van der Waals surface area contributed by atoms with E-state index in [9.17, 15) is 4.79 Å². The summed E-state index contributed by atoms with van der Waals surface area (Å²) in [7, 11) is -0.269. The Balaban J connectivity index is 2.48. The molecular formula is C22H37NO3Si. The zero-order valence-corrected chi connectivity index (χ0v) is 18.9. The van der Waals surface area contributed by atoms with Gasteiger partial charge in [0.1, 0.15) is 0 Å². The van der Waals surface area contributed by atoms with Gasteiger partial charge in [-0.15, -0.1) is 0 Å². The number of carbonyl (C=O) groups excluding carboxylic acids is 1. The lowest BCUT2D eigenvalue weighted by Gasteiger charge is -2.36. The normalized spacial score (nSPS) is 13.1. The van der Waals surface area contributed by atoms with Crippen LogP contribution in [-0.2, 0) is 14.0 Å². The highest BCUT2D eigenvalue weighted by Gasteiger charge is 2.36. The second kappa shape index (κ2) is 10.7. The van der Waals surface area contributed by atoms with Crippen molar-refractivity contribution in [2.75, 3.05) is 19.0 Å². The van der Waals surface area contributed by atoms with Crippen molar-refractivity contribution in [1.82, 2.24) is 0 Å². The van der Waals surface area contributed by atoms with Crippen molar-refractivity contribution in [3.63, 3.8) is 0 Å². The maximum atomic E-state index is 11.9. The molecular weight excluding hydrogens is 354 g/mol. The average Bonchev–Trinajstić information content (AvgIpc) is 2.62. The van der Waals surface area contributed by atoms with Crippen LogP contribution in [0.2, 0.25) is 18.1 Å². The lowest BCUT2D eigenvalue weighted by atomic mass is 10.0. The molecule has 0 spiro atoms. The predicted octanol–water partition coefficient (Wildman–Crippen LogP) is 5.78. The fraction of sp³-hybridized carbons (Fsp3) is 0.591. The quantitative estimate of drug-likeness (QED) is 0.225. The second-order valence-corrected chi connectivity index (χ2v) is 13.3. The molecule has 1 aromatic rings. The summed E-state index contributed by atoms with van der Waals surface area (Å²) in [5.41, 5.74) is 1.45. The number of nitrogens with one attached hydrogen (secondary N) is 1. The zero-order chi connectivity index (χ0) is 20.5. The summed E-state index contributed by atoms with van der Waals surface area (Å²) in [6, 6.07) is 9.77. The van der Waals surface area contributed by atoms with Crippen LogP contribution in [0.1, 0.15) is 46.5 Å². The van der Waals surface area contributed by atoms with E-state index < -0.39 is 8.32 Å². The van der Waals surface area contributed by atoms with E-state index in [1.165, 1.54) is 7.11 Å². The van der Waals surface area contributed by atoms with Crippen molar-refractivity contribution in [2.24, 2.45) is 0 Å². The van der Waals surface area contributed by atoms with Gasteiger partial charge in [0.2, 0.25) is 0 Å². The largest absolute Gasteiger partial charge is 0.466 e. The summed E-state index contributed by atoms with van der Waals surface area (Å²) in [6.45, 7) is 16.1. The van der Waals surface area contributed by atoms with Crippen molar-refractivity contribution >= 4 is 20.0 Å². The number of para-hydroxylation sites is 1. The Morgan fingerprint density at radius 1 is 1.15 bits per heavy atom. The molecule has 1 atom stereocenters. The Morgan fingerprint density at radius 3 is 2.33 bits per heavy atom. The van der Waals surface area contributed by atoms with Crippen LogP contribution < -0.4 is 5.32 Å². The van der Waals surface area contributed by atoms with Crippen LogP contribution >= 0.6 is 0 Å². The lowest BCUT2D eigenvalue weighted by molar-refractivity contribution is -0.136. The molecule has 0 fully saturated rings. The molecule has 0 bridgehead atoms. The molecule has 0 radical (unpaired) electrons. The number of unbranched alkanes of at least 4 members (excludes halogenated alkanes) is 2. The summed E-state index contributed by atoms with van der Waals surface area (Å²) < 4.78 is 11.1. The maximum Gasteiger partial charge on any atom is 0.335 e. The van der Waals surface area contributed by atoms with Gasteiger partial charge in [-0.2, -0.15) is 0 Å². The first-order valence-corrected chi connectivity index (χ1v) is 12.7. The first kappa shape index (κ1) is 23.4. The Bertz CT molecular complexity index is 593. The molecule has 0 aliphatic heterocycles. The summed E-state index contributed by atoms with van der Waals surface area (Å²) in [5.74, 6) is -0.357. The molecule has 0 heterocycles. The molecule has 5 heteroatoms. The SMILES string of the molecule is C=C(C(=O)OC)[C@@H](CCCCCO[Si](C)(C)C(C)(C)C)Nc1ccccc1. The van der Waals surface area contributed by atoms with Gasteiger partial charge < -0.3 is 14.5 Å². The summed E-state index contributed by atoms with van der Waals surface area (Å²) in [6.07, 6.45) is 3.94. The van der Waals surface area contributed by atoms with Crippen molar-refractivity contribution in [3.8, 4) is 0 Å². The highest BCUT2D eigenvalue weighted by molar-refractivity contribution is 6.74. The molecule has 0 saturated carbocycles. The van der Waals surface area contributed by atoms with Gasteiger partial charge in [-0.05, 0) is 43.1 Å². The highest BCUT2D eigenvalue weighted by Crippen LogP contribution is 2.36. The molecule has 0 aliphatic carbocycles. The molecule has 0 unspecified atom stereocenters. The number of anilines is 1. The highest BCUT2D eigenvalue weighted by atomic mass is 28.4. The van der Waals surface area contributed by atoms with Crippen LogP contribution in [0.15, 0.2) is 42.5 Å². The van der Waals surface area contributed by atoms with Gasteiger partial charge in [0, 0.05) is 12.3 Å². The Kier molecular flexibility index (Phi) is 9.26. The van der Waals surface area contributed by atoms with Gasteiger partial charge in [0.25, 0.3) is 0 Å². The van der Waals surface area contributed by atoms with E-state index in [1.807, 2.05) is 30.3 Å². The topological polar surface area (TPSA) is 47.6 Å². The minimum Gasteiger partial charge on any atom is -0.466 e. The Morgan fingerprint density at radius 2 is 1.78 bits per heavy atom. The summed E-state index contributed by atoms with van der Waals surface area (Å²) >= 11 is 0. The Labute approximate surface area is 166 Å². The molecule has 27 heavy (non-hydrogen) atoms. The molecule has 4 nitrogen and oxygen atoms in total. The molecule has 1 aromatic carbocycles. The number of ether oxygens (including phenoxy) is 1. The van der Waals surface area contributed by atoms with E-state index >= 15 is 0 Å². The van der Waals surface area contributed by atoms with E-state index in [0.29, 0.717) is 5.57 Å². The van der Waals surface area contributed by atoms with Crippen molar-refractivity contribution in [2.45, 2.75) is 70.6 Å². The molecule has 0 aromatic heterocycles. The van der Waals surface area contributed by atoms with Crippen LogP contribution in [0.5, 0.6) is 0 Å². The van der Waals surface area contributed by atoms with Crippen LogP contribution in [0, 0.1) is 0 Å². The van der Waals surface area contributed by atoms with Gasteiger partial charge in [-0.3, -0.25) is 0 Å². The minimum absolute atomic E-state index is 0.124. The second-order valence-electron chi connectivity index (χ2n) is 8.54. The molecule has 1 N–H and O–H groups in total. The number of rotatable bonds is 11. The molecule has 0 amide bonds. The smallest absolute Gasteiger partial charge is 0.335 e. The fourth-order valence-corrected chi connectivity index (χ4v) is 3.60. The average molecular weight is 392 g/mol. The van der Waals surface area contributed by atoms with Crippen molar-refractivity contribution in [1.29, 1.82) is 0 Å². The van der Waals surface area contributed by atoms with Crippen LogP contribution in [0.4, 0.5) is 5.69 Å². The minimum atomic E-state index is -1.66. The monoisotopic (exact) mass is 391 g/mol. The maximum absolute atomic E-state index is 11.9. The Hall–Kier alpha value is -1.59. The van der Waals surface area contributed by atoms with Crippen LogP contribution in [-0.4, -0.2) is 34.0 Å². The van der Waals surface area contributed by atoms with E-state index in [0.717, 1.165) is 38.0 Å². The molecule has 0 aliphatic rings. The number of hydrogen-bond donors (Lipinski definition) is 1. The first-order chi connectivity index (χ1) is 12.6. The standard InChI is InChI=1S/C22H37NO3Si/c1-18(21(24)25-5)20(23-19-14-10-8-11-15-19)16-12-9-13-17-26-27(6,7)22(2,3)4/h8,10-11,14-15,20,23H,1,9,12-13,16-17H2,2-7H3/t20-/m1/s1. The van der Waals surface area contributed by atoms with E-state index in [-0.39, 0.29) is 17.0 Å². The fourth-order valence-electron chi connectivity index (χ4n) is 2.51. The zero-order valence-electron chi connectivity index (χ0n) is 17.9. The third-order valence-electron chi connectivity index (χ3n) is 5.39. The lowest BCUT2D eigenvalue weighted by Crippen LogP contribution is -2.40. The van der Waals surface area contributed by atoms with Gasteiger partial charge in [-0.1, -0.05) is 58.4 Å². The molecule has 152 valence electrons. The molecule has 0 saturated heterocycles. The van der Waals surface area contributed by atoms with Gasteiger partial charge >= 0.3 is 5.97 Å². The van der Waals surface area contributed by atoms with E-state index in [4.69, 9.17) is 9.16 Å².